The van der Waals surface area contributed by atoms with Crippen LogP contribution in [-0.2, 0) is 49.6 Å². The lowest BCUT2D eigenvalue weighted by atomic mass is 10.0. The molecule has 1 aromatic rings. The van der Waals surface area contributed by atoms with Gasteiger partial charge < -0.3 is 75.1 Å². The van der Waals surface area contributed by atoms with E-state index in [1.807, 2.05) is 0 Å². The fourth-order valence-electron chi connectivity index (χ4n) is 6.64. The molecule has 356 valence electrons. The molecule has 64 heavy (non-hydrogen) atoms. The zero-order valence-corrected chi connectivity index (χ0v) is 36.5. The molecule has 1 aliphatic heterocycles. The van der Waals surface area contributed by atoms with Crippen LogP contribution in [0.2, 0.25) is 0 Å². The van der Waals surface area contributed by atoms with Crippen molar-refractivity contribution in [1.29, 1.82) is 0 Å². The topological polar surface area (TPSA) is 406 Å². The van der Waals surface area contributed by atoms with Gasteiger partial charge in [-0.25, -0.2) is 4.79 Å². The summed E-state index contributed by atoms with van der Waals surface area (Å²) in [5.41, 5.74) is 22.5. The Morgan fingerprint density at radius 3 is 1.88 bits per heavy atom. The number of benzene rings is 1. The van der Waals surface area contributed by atoms with Crippen molar-refractivity contribution in [2.75, 3.05) is 19.7 Å². The Balaban J connectivity index is 2.28. The Kier molecular flexibility index (Phi) is 22.1. The second kappa shape index (κ2) is 26.3. The number of hydrogen-bond acceptors (Lipinski definition) is 13. The summed E-state index contributed by atoms with van der Waals surface area (Å²) >= 11 is 0. The molecule has 1 aliphatic rings. The molecule has 0 bridgehead atoms. The quantitative estimate of drug-likeness (QED) is 0.0235. The molecule has 24 heteroatoms. The summed E-state index contributed by atoms with van der Waals surface area (Å²) in [5, 5.41) is 44.9. The number of carbonyl (C=O) groups excluding carboxylic acids is 8. The number of aliphatic hydroxyl groups is 2. The van der Waals surface area contributed by atoms with Crippen molar-refractivity contribution < 1.29 is 58.5 Å². The minimum Gasteiger partial charge on any atom is -0.480 e. The largest absolute Gasteiger partial charge is 0.480 e. The van der Waals surface area contributed by atoms with Crippen molar-refractivity contribution in [1.82, 2.24) is 36.8 Å². The van der Waals surface area contributed by atoms with Gasteiger partial charge in [-0.05, 0) is 57.4 Å². The summed E-state index contributed by atoms with van der Waals surface area (Å²) in [6.07, 6.45) is -2.00. The molecular formula is C40H64N12O12. The van der Waals surface area contributed by atoms with Gasteiger partial charge in [-0.15, -0.1) is 0 Å². The highest BCUT2D eigenvalue weighted by atomic mass is 16.4. The number of hydrogen-bond donors (Lipinski definition) is 13. The summed E-state index contributed by atoms with van der Waals surface area (Å²) in [6.45, 7) is 5.24. The third-order valence-electron chi connectivity index (χ3n) is 9.97. The van der Waals surface area contributed by atoms with Crippen LogP contribution in [0, 0.1) is 5.92 Å². The van der Waals surface area contributed by atoms with Gasteiger partial charge in [-0.2, -0.15) is 0 Å². The highest BCUT2D eigenvalue weighted by Crippen LogP contribution is 2.20. The number of aliphatic imine (C=N–C) groups is 1. The van der Waals surface area contributed by atoms with Crippen LogP contribution in [-0.4, -0.2) is 154 Å². The SMILES string of the molecule is CC(C)CC(NC(=O)C(C)N)C(=O)NC(CCCN=C(N)N)C(=O)NC(CC(N)=O)C(=O)NC(C(=O)N1CCCC1C(=O)NC(CO)C(=O)NC(Cc1ccccc1)C(=O)O)C(C)O. The number of carboxylic acids is 1. The monoisotopic (exact) mass is 904 g/mol. The average molecular weight is 905 g/mol. The number of rotatable bonds is 26. The first-order valence-electron chi connectivity index (χ1n) is 20.8. The lowest BCUT2D eigenvalue weighted by Crippen LogP contribution is -2.62. The van der Waals surface area contributed by atoms with Gasteiger partial charge in [0.05, 0.1) is 25.2 Å². The van der Waals surface area contributed by atoms with E-state index in [-0.39, 0.29) is 63.5 Å². The Morgan fingerprint density at radius 1 is 0.766 bits per heavy atom. The molecule has 1 fully saturated rings. The average Bonchev–Trinajstić information content (AvgIpc) is 3.72. The summed E-state index contributed by atoms with van der Waals surface area (Å²) in [7, 11) is 0. The molecule has 0 saturated carbocycles. The van der Waals surface area contributed by atoms with Gasteiger partial charge in [-0.3, -0.25) is 43.3 Å². The summed E-state index contributed by atoms with van der Waals surface area (Å²) < 4.78 is 0. The maximum atomic E-state index is 14.0. The van der Waals surface area contributed by atoms with Crippen LogP contribution in [0.1, 0.15) is 71.8 Å². The van der Waals surface area contributed by atoms with Gasteiger partial charge in [0, 0.05) is 19.5 Å². The number of aliphatic hydroxyl groups excluding tert-OH is 2. The Labute approximate surface area is 370 Å². The van der Waals surface area contributed by atoms with Crippen LogP contribution >= 0.6 is 0 Å². The van der Waals surface area contributed by atoms with Crippen molar-refractivity contribution >= 4 is 59.2 Å². The minimum atomic E-state index is -1.77. The normalized spacial score (nSPS) is 17.2. The highest BCUT2D eigenvalue weighted by molar-refractivity contribution is 5.99. The lowest BCUT2D eigenvalue weighted by molar-refractivity contribution is -0.145. The van der Waals surface area contributed by atoms with Crippen LogP contribution in [0.15, 0.2) is 35.3 Å². The molecule has 9 atom stereocenters. The van der Waals surface area contributed by atoms with E-state index in [4.69, 9.17) is 22.9 Å². The van der Waals surface area contributed by atoms with Crippen LogP contribution in [0.3, 0.4) is 0 Å². The van der Waals surface area contributed by atoms with E-state index in [9.17, 15) is 58.5 Å². The maximum Gasteiger partial charge on any atom is 0.326 e. The van der Waals surface area contributed by atoms with Crippen LogP contribution in [0.5, 0.6) is 0 Å². The number of primary amides is 1. The molecule has 9 unspecified atom stereocenters. The summed E-state index contributed by atoms with van der Waals surface area (Å²) in [4.78, 5) is 123. The van der Waals surface area contributed by atoms with E-state index in [0.29, 0.717) is 5.56 Å². The second-order valence-electron chi connectivity index (χ2n) is 16.0. The van der Waals surface area contributed by atoms with Gasteiger partial charge in [0.1, 0.15) is 42.3 Å². The molecule has 24 nitrogen and oxygen atoms in total. The molecule has 1 heterocycles. The lowest BCUT2D eigenvalue weighted by Gasteiger charge is -2.31. The third kappa shape index (κ3) is 17.8. The number of nitrogens with two attached hydrogens (primary N) is 4. The number of aliphatic carboxylic acids is 1. The van der Waals surface area contributed by atoms with E-state index >= 15 is 0 Å². The molecule has 1 aromatic carbocycles. The summed E-state index contributed by atoms with van der Waals surface area (Å²) in [6, 6.07) is -2.88. The molecule has 0 aliphatic carbocycles. The Hall–Kier alpha value is -6.40. The molecular weight excluding hydrogens is 841 g/mol. The first-order chi connectivity index (χ1) is 30.0. The van der Waals surface area contributed by atoms with Crippen LogP contribution < -0.4 is 54.8 Å². The van der Waals surface area contributed by atoms with Crippen molar-refractivity contribution in [3.8, 4) is 0 Å². The van der Waals surface area contributed by atoms with Crippen molar-refractivity contribution in [2.24, 2.45) is 33.8 Å². The zero-order valence-electron chi connectivity index (χ0n) is 36.5. The van der Waals surface area contributed by atoms with Gasteiger partial charge >= 0.3 is 5.97 Å². The molecule has 2 rings (SSSR count). The standard InChI is InChI=1S/C40H64N12O12/c1-20(2)16-25(47-32(56)21(3)41)34(58)46-24(12-8-14-45-40(43)44)33(57)48-26(18-30(42)55)35(59)51-31(22(4)54)38(62)52-15-9-13-29(52)37(61)50-28(19-53)36(60)49-27(39(63)64)17-23-10-6-5-7-11-23/h5-7,10-11,20-22,24-29,31,53-54H,8-9,12-19,41H2,1-4H3,(H2,42,55)(H,46,58)(H,47,56)(H,48,57)(H,49,60)(H,50,61)(H,51,59)(H,63,64)(H4,43,44,45). The predicted octanol–water partition coefficient (Wildman–Crippen LogP) is -5.09. The molecule has 1 saturated heterocycles. The predicted molar refractivity (Wildman–Crippen MR) is 230 cm³/mol. The number of amides is 8. The number of guanidine groups is 1. The Bertz CT molecular complexity index is 1830. The Morgan fingerprint density at radius 2 is 1.33 bits per heavy atom. The number of carbonyl (C=O) groups is 9. The fourth-order valence-corrected chi connectivity index (χ4v) is 6.64. The molecule has 0 aromatic heterocycles. The van der Waals surface area contributed by atoms with Crippen molar-refractivity contribution in [2.45, 2.75) is 127 Å². The maximum absolute atomic E-state index is 14.0. The molecule has 17 N–H and O–H groups in total. The zero-order chi connectivity index (χ0) is 48.3. The van der Waals surface area contributed by atoms with E-state index in [1.54, 1.807) is 44.2 Å². The number of carboxylic acid groups (broad SMARTS) is 1. The van der Waals surface area contributed by atoms with Gasteiger partial charge in [0.2, 0.25) is 47.3 Å². The number of likely N-dealkylation sites (tertiary alicyclic amines) is 1. The highest BCUT2D eigenvalue weighted by Gasteiger charge is 2.41. The van der Waals surface area contributed by atoms with Crippen LogP contribution in [0.25, 0.3) is 0 Å². The smallest absolute Gasteiger partial charge is 0.326 e. The van der Waals surface area contributed by atoms with Crippen molar-refractivity contribution in [3.05, 3.63) is 35.9 Å². The van der Waals surface area contributed by atoms with Crippen molar-refractivity contribution in [3.63, 3.8) is 0 Å². The van der Waals surface area contributed by atoms with E-state index < -0.39 is 121 Å². The first kappa shape index (κ1) is 53.7. The van der Waals surface area contributed by atoms with E-state index in [0.717, 1.165) is 11.8 Å². The number of nitrogens with one attached hydrogen (secondary N) is 6. The number of nitrogens with zero attached hydrogens (tertiary/aromatic N) is 2. The van der Waals surface area contributed by atoms with Crippen LogP contribution in [0.4, 0.5) is 0 Å². The summed E-state index contributed by atoms with van der Waals surface area (Å²) in [5.74, 6) is -9.13. The fraction of sp³-hybridized carbons (Fsp3) is 0.600. The van der Waals surface area contributed by atoms with E-state index in [2.05, 4.69) is 36.9 Å². The van der Waals surface area contributed by atoms with Gasteiger partial charge in [0.25, 0.3) is 0 Å². The third-order valence-corrected chi connectivity index (χ3v) is 9.97. The van der Waals surface area contributed by atoms with E-state index in [1.165, 1.54) is 6.92 Å². The molecule has 8 amide bonds. The van der Waals surface area contributed by atoms with Gasteiger partial charge in [-0.1, -0.05) is 44.2 Å². The second-order valence-corrected chi connectivity index (χ2v) is 16.0. The first-order valence-corrected chi connectivity index (χ1v) is 20.8. The molecule has 0 radical (unpaired) electrons. The van der Waals surface area contributed by atoms with Gasteiger partial charge in [0.15, 0.2) is 5.96 Å². The molecule has 0 spiro atoms. The minimum absolute atomic E-state index is 0.0333.